The number of nitrogens with zero attached hydrogens (tertiary/aromatic N) is 3. The number of ether oxygens (including phenoxy) is 3. The second-order valence-electron chi connectivity index (χ2n) is 4.19. The van der Waals surface area contributed by atoms with Gasteiger partial charge in [-0.1, -0.05) is 18.2 Å². The number of rotatable bonds is 5. The van der Waals surface area contributed by atoms with Crippen molar-refractivity contribution in [2.45, 2.75) is 19.8 Å². The van der Waals surface area contributed by atoms with Crippen LogP contribution in [0.1, 0.15) is 13.8 Å². The zero-order valence-corrected chi connectivity index (χ0v) is 11.8. The Morgan fingerprint density at radius 3 is 2.45 bits per heavy atom. The Labute approximate surface area is 118 Å². The van der Waals surface area contributed by atoms with Gasteiger partial charge in [0.2, 0.25) is 0 Å². The van der Waals surface area contributed by atoms with Gasteiger partial charge in [0.05, 0.1) is 6.54 Å². The fraction of sp³-hybridized carbons (Fsp3) is 0.500. The van der Waals surface area contributed by atoms with Gasteiger partial charge in [-0.15, -0.1) is 4.79 Å². The monoisotopic (exact) mass is 277 g/mol. The van der Waals surface area contributed by atoms with Crippen molar-refractivity contribution in [1.29, 1.82) is 0 Å². The lowest BCUT2D eigenvalue weighted by atomic mass is 10.2. The van der Waals surface area contributed by atoms with E-state index in [2.05, 4.69) is 4.79 Å². The van der Waals surface area contributed by atoms with Crippen molar-refractivity contribution in [1.82, 2.24) is 0 Å². The molecule has 0 amide bonds. The zero-order chi connectivity index (χ0) is 14.4. The number of morpholine rings is 1. The van der Waals surface area contributed by atoms with Gasteiger partial charge in [-0.25, -0.2) is 0 Å². The first-order valence-electron chi connectivity index (χ1n) is 6.74. The van der Waals surface area contributed by atoms with Crippen LogP contribution in [-0.4, -0.2) is 43.0 Å². The Bertz CT molecular complexity index is 480. The second kappa shape index (κ2) is 6.52. The van der Waals surface area contributed by atoms with Crippen molar-refractivity contribution in [3.63, 3.8) is 0 Å². The van der Waals surface area contributed by atoms with Crippen molar-refractivity contribution in [2.75, 3.05) is 31.3 Å². The van der Waals surface area contributed by atoms with E-state index < -0.39 is 5.91 Å². The Morgan fingerprint density at radius 1 is 1.25 bits per heavy atom. The summed E-state index contributed by atoms with van der Waals surface area (Å²) in [6.45, 7) is 5.47. The summed E-state index contributed by atoms with van der Waals surface area (Å²) in [6.07, 6.45) is 0. The third-order valence-electron chi connectivity index (χ3n) is 3.02. The van der Waals surface area contributed by atoms with E-state index in [4.69, 9.17) is 14.2 Å². The molecule has 0 atom stereocenters. The molecule has 0 N–H and O–H groups in total. The molecular weight excluding hydrogens is 258 g/mol. The Morgan fingerprint density at radius 2 is 1.90 bits per heavy atom. The van der Waals surface area contributed by atoms with E-state index in [0.29, 0.717) is 26.4 Å². The molecule has 1 heterocycles. The molecule has 1 saturated heterocycles. The minimum absolute atomic E-state index is 0.0244. The lowest BCUT2D eigenvalue weighted by molar-refractivity contribution is -0.231. The molecule has 0 radical (unpaired) electrons. The smallest absolute Gasteiger partial charge is 0.428 e. The molecular formula is C14H19N3O3. The minimum Gasteiger partial charge on any atom is -0.428 e. The summed E-state index contributed by atoms with van der Waals surface area (Å²) in [5.41, 5.74) is 10.1. The summed E-state index contributed by atoms with van der Waals surface area (Å²) < 4.78 is 16.9. The highest BCUT2D eigenvalue weighted by Gasteiger charge is 2.56. The molecule has 0 spiro atoms. The average Bonchev–Trinajstić information content (AvgIpc) is 2.49. The molecule has 1 aromatic rings. The number of hydrogen-bond acceptors (Lipinski definition) is 4. The van der Waals surface area contributed by atoms with Crippen LogP contribution in [0, 0.1) is 0 Å². The van der Waals surface area contributed by atoms with Crippen molar-refractivity contribution in [2.24, 2.45) is 0 Å². The van der Waals surface area contributed by atoms with Gasteiger partial charge in [0, 0.05) is 18.9 Å². The maximum atomic E-state index is 9.22. The molecule has 6 nitrogen and oxygen atoms in total. The summed E-state index contributed by atoms with van der Waals surface area (Å²) in [5, 5.41) is 0. The largest absolute Gasteiger partial charge is 0.534 e. The van der Waals surface area contributed by atoms with Crippen LogP contribution >= 0.6 is 0 Å². The number of anilines is 1. The molecule has 108 valence electrons. The molecule has 20 heavy (non-hydrogen) atoms. The average molecular weight is 277 g/mol. The van der Waals surface area contributed by atoms with Crippen molar-refractivity contribution < 1.29 is 19.0 Å². The molecule has 2 rings (SSSR count). The fourth-order valence-corrected chi connectivity index (χ4v) is 2.30. The van der Waals surface area contributed by atoms with Gasteiger partial charge in [0.25, 0.3) is 0 Å². The zero-order valence-electron chi connectivity index (χ0n) is 11.8. The molecule has 0 unspecified atom stereocenters. The van der Waals surface area contributed by atoms with Gasteiger partial charge in [-0.05, 0) is 26.0 Å². The molecule has 6 heteroatoms. The molecule has 0 bridgehead atoms. The van der Waals surface area contributed by atoms with Crippen LogP contribution in [-0.2, 0) is 14.2 Å². The third-order valence-corrected chi connectivity index (χ3v) is 3.02. The summed E-state index contributed by atoms with van der Waals surface area (Å²) in [6, 6.07) is 9.71. The molecule has 0 aromatic heterocycles. The molecule has 0 saturated carbocycles. The van der Waals surface area contributed by atoms with Gasteiger partial charge in [0.1, 0.15) is 6.61 Å². The fourth-order valence-electron chi connectivity index (χ4n) is 2.30. The van der Waals surface area contributed by atoms with Crippen molar-refractivity contribution in [3.05, 3.63) is 35.9 Å². The van der Waals surface area contributed by atoms with E-state index in [1.807, 2.05) is 49.1 Å². The number of para-hydroxylation sites is 1. The first-order chi connectivity index (χ1) is 9.78. The molecule has 1 aliphatic rings. The first-order valence-corrected chi connectivity index (χ1v) is 6.74. The molecule has 1 fully saturated rings. The summed E-state index contributed by atoms with van der Waals surface area (Å²) in [4.78, 5) is 5.12. The lowest BCUT2D eigenvalue weighted by Gasteiger charge is -2.41. The topological polar surface area (TPSA) is 67.3 Å². The van der Waals surface area contributed by atoms with Crippen LogP contribution in [0.15, 0.2) is 30.3 Å². The van der Waals surface area contributed by atoms with Gasteiger partial charge < -0.3 is 24.6 Å². The standard InChI is InChI=1S/C14H19N3O3/c1-3-19-14(20-4-2)13(16-15)18-11-10-17(14)12-8-6-5-7-9-12/h5-9H,3-4,10-11H2,1-2H3. The maximum absolute atomic E-state index is 9.22. The predicted octanol–water partition coefficient (Wildman–Crippen LogP) is 1.88. The number of benzene rings is 1. The van der Waals surface area contributed by atoms with E-state index in [1.165, 1.54) is 0 Å². The quantitative estimate of drug-likeness (QED) is 0.468. The first kappa shape index (κ1) is 14.5. The van der Waals surface area contributed by atoms with Gasteiger partial charge in [-0.3, -0.25) is 0 Å². The second-order valence-corrected chi connectivity index (χ2v) is 4.19. The maximum Gasteiger partial charge on any atom is 0.534 e. The van der Waals surface area contributed by atoms with Gasteiger partial charge >= 0.3 is 11.8 Å². The highest BCUT2D eigenvalue weighted by atomic mass is 16.7. The lowest BCUT2D eigenvalue weighted by Crippen LogP contribution is -2.64. The Kier molecular flexibility index (Phi) is 4.74. The van der Waals surface area contributed by atoms with E-state index in [1.54, 1.807) is 0 Å². The normalized spacial score (nSPS) is 17.5. The minimum atomic E-state index is -1.32. The highest BCUT2D eigenvalue weighted by Crippen LogP contribution is 2.30. The summed E-state index contributed by atoms with van der Waals surface area (Å²) >= 11 is 0. The molecule has 1 aromatic carbocycles. The number of hydrogen-bond donors (Lipinski definition) is 0. The van der Waals surface area contributed by atoms with Crippen LogP contribution in [0.5, 0.6) is 0 Å². The van der Waals surface area contributed by atoms with Gasteiger partial charge in [-0.2, -0.15) is 0 Å². The molecule has 0 aliphatic carbocycles. The van der Waals surface area contributed by atoms with Crippen LogP contribution in [0.4, 0.5) is 5.69 Å². The predicted molar refractivity (Wildman–Crippen MR) is 74.3 cm³/mol. The summed E-state index contributed by atoms with van der Waals surface area (Å²) in [5.74, 6) is -1.30. The Balaban J connectivity index is 2.48. The van der Waals surface area contributed by atoms with Crippen LogP contribution < -0.4 is 4.90 Å². The Hall–Kier alpha value is -1.88. The third kappa shape index (κ3) is 2.54. The van der Waals surface area contributed by atoms with E-state index in [0.717, 1.165) is 5.69 Å². The van der Waals surface area contributed by atoms with E-state index >= 15 is 0 Å². The molecule has 1 aliphatic heterocycles. The van der Waals surface area contributed by atoms with Crippen LogP contribution in [0.3, 0.4) is 0 Å². The van der Waals surface area contributed by atoms with Gasteiger partial charge in [0.15, 0.2) is 0 Å². The summed E-state index contributed by atoms with van der Waals surface area (Å²) in [7, 11) is 0. The van der Waals surface area contributed by atoms with Crippen LogP contribution in [0.2, 0.25) is 0 Å². The van der Waals surface area contributed by atoms with Crippen molar-refractivity contribution >= 4 is 11.6 Å². The highest BCUT2D eigenvalue weighted by molar-refractivity contribution is 5.83. The van der Waals surface area contributed by atoms with Crippen molar-refractivity contribution in [3.8, 4) is 0 Å². The van der Waals surface area contributed by atoms with E-state index in [9.17, 15) is 5.53 Å². The van der Waals surface area contributed by atoms with E-state index in [-0.39, 0.29) is 5.90 Å². The van der Waals surface area contributed by atoms with Crippen LogP contribution in [0.25, 0.3) is 5.53 Å². The SMILES string of the molecule is CCOC1(OCC)C(=[N+]=[N-])OCCN1c1ccccc1.